The second-order valence-corrected chi connectivity index (χ2v) is 9.37. The first-order chi connectivity index (χ1) is 14.8. The van der Waals surface area contributed by atoms with E-state index in [2.05, 4.69) is 5.10 Å². The minimum atomic E-state index is -6.01. The lowest BCUT2D eigenvalue weighted by atomic mass is 9.96. The fourth-order valence-corrected chi connectivity index (χ4v) is 4.89. The van der Waals surface area contributed by atoms with Crippen LogP contribution in [0, 0.1) is 11.3 Å². The molecule has 0 saturated heterocycles. The molecule has 2 aromatic rings. The van der Waals surface area contributed by atoms with Crippen LogP contribution in [0.5, 0.6) is 0 Å². The molecule has 0 aliphatic carbocycles. The van der Waals surface area contributed by atoms with Crippen molar-refractivity contribution in [1.82, 2.24) is 9.78 Å². The van der Waals surface area contributed by atoms with E-state index in [1.54, 1.807) is 0 Å². The molecule has 0 unspecified atom stereocenters. The summed E-state index contributed by atoms with van der Waals surface area (Å²) in [5.74, 6) is -1.32. The molecular weight excluding hydrogens is 534 g/mol. The number of alkyl halides is 9. The minimum Gasteiger partial charge on any atom is -0.383 e. The van der Waals surface area contributed by atoms with Crippen molar-refractivity contribution >= 4 is 40.8 Å². The normalized spacial score (nSPS) is 13.5. The monoisotopic (exact) mass is 544 g/mol. The van der Waals surface area contributed by atoms with Crippen LogP contribution in [0.25, 0.3) is 5.69 Å². The van der Waals surface area contributed by atoms with E-state index in [9.17, 15) is 44.8 Å². The molecule has 1 aromatic carbocycles. The van der Waals surface area contributed by atoms with E-state index in [0.717, 1.165) is 19.9 Å². The highest BCUT2D eigenvalue weighted by atomic mass is 35.5. The van der Waals surface area contributed by atoms with Crippen molar-refractivity contribution in [3.8, 4) is 11.8 Å². The maximum atomic E-state index is 14.0. The highest BCUT2D eigenvalue weighted by Gasteiger charge is 2.74. The zero-order chi connectivity index (χ0) is 25.7. The summed E-state index contributed by atoms with van der Waals surface area (Å²) in [6.45, 7) is 2.13. The molecule has 0 atom stereocenters. The molecule has 0 aliphatic heterocycles. The number of rotatable bonds is 4. The zero-order valence-corrected chi connectivity index (χ0v) is 18.5. The number of halogens is 11. The van der Waals surface area contributed by atoms with Gasteiger partial charge in [-0.15, -0.1) is 11.8 Å². The van der Waals surface area contributed by atoms with Crippen LogP contribution < -0.4 is 5.73 Å². The van der Waals surface area contributed by atoms with Crippen LogP contribution in [-0.2, 0) is 10.9 Å². The van der Waals surface area contributed by atoms with Gasteiger partial charge in [0.05, 0.1) is 21.2 Å². The van der Waals surface area contributed by atoms with Crippen LogP contribution in [0.4, 0.5) is 45.3 Å². The van der Waals surface area contributed by atoms with Crippen molar-refractivity contribution in [3.63, 3.8) is 0 Å². The van der Waals surface area contributed by atoms with Crippen molar-refractivity contribution in [2.75, 3.05) is 5.73 Å². The lowest BCUT2D eigenvalue weighted by Gasteiger charge is -2.37. The van der Waals surface area contributed by atoms with Gasteiger partial charge in [-0.2, -0.15) is 49.9 Å². The maximum Gasteiger partial charge on any atom is 0.416 e. The van der Waals surface area contributed by atoms with Crippen LogP contribution in [0.2, 0.25) is 10.0 Å². The predicted molar refractivity (Wildman–Crippen MR) is 104 cm³/mol. The zero-order valence-electron chi connectivity index (χ0n) is 16.2. The number of aromatic nitrogens is 2. The molecule has 0 amide bonds. The van der Waals surface area contributed by atoms with Crippen molar-refractivity contribution in [2.45, 2.75) is 42.4 Å². The van der Waals surface area contributed by atoms with Gasteiger partial charge >= 0.3 is 18.5 Å². The van der Waals surface area contributed by atoms with Gasteiger partial charge in [0, 0.05) is 5.25 Å². The number of nitriles is 1. The Kier molecular flexibility index (Phi) is 7.16. The number of hydrogen-bond acceptors (Lipinski definition) is 4. The molecule has 2 rings (SSSR count). The van der Waals surface area contributed by atoms with Gasteiger partial charge in [-0.1, -0.05) is 37.0 Å². The summed E-state index contributed by atoms with van der Waals surface area (Å²) in [4.78, 5) is 0. The third-order valence-electron chi connectivity index (χ3n) is 4.15. The number of benzene rings is 1. The van der Waals surface area contributed by atoms with Gasteiger partial charge in [0.25, 0.3) is 0 Å². The van der Waals surface area contributed by atoms with Gasteiger partial charge in [-0.05, 0) is 12.1 Å². The van der Waals surface area contributed by atoms with Gasteiger partial charge < -0.3 is 5.73 Å². The molecule has 0 aliphatic rings. The van der Waals surface area contributed by atoms with Crippen LogP contribution in [0.3, 0.4) is 0 Å². The van der Waals surface area contributed by atoms with E-state index < -0.39 is 78.7 Å². The third-order valence-corrected chi connectivity index (χ3v) is 6.21. The first-order valence-electron chi connectivity index (χ1n) is 8.46. The SMILES string of the molecule is CC(C)SC(c1c(C#N)nn(-c2c(Cl)cc(C(F)(F)F)cc2Cl)c1N)(C(F)(F)F)C(F)(F)F. The van der Waals surface area contributed by atoms with Gasteiger partial charge in [0.15, 0.2) is 5.69 Å². The third kappa shape index (κ3) is 4.67. The first kappa shape index (κ1) is 27.3. The molecule has 0 saturated carbocycles. The lowest BCUT2D eigenvalue weighted by molar-refractivity contribution is -0.269. The molecular formula is C17H11Cl2F9N4S. The van der Waals surface area contributed by atoms with Crippen LogP contribution in [0.1, 0.15) is 30.7 Å². The fourth-order valence-electron chi connectivity index (χ4n) is 2.95. The predicted octanol–water partition coefficient (Wildman–Crippen LogP) is 7.11. The van der Waals surface area contributed by atoms with Crippen LogP contribution in [-0.4, -0.2) is 27.4 Å². The summed E-state index contributed by atoms with van der Waals surface area (Å²) < 4.78 is 119. The maximum absolute atomic E-state index is 14.0. The number of nitrogens with two attached hydrogens (primary N) is 1. The van der Waals surface area contributed by atoms with Crippen LogP contribution in [0.15, 0.2) is 12.1 Å². The Balaban J connectivity index is 2.99. The summed E-state index contributed by atoms with van der Waals surface area (Å²) >= 11 is 11.0. The average Bonchev–Trinajstić information content (AvgIpc) is 2.92. The Hall–Kier alpha value is -1.98. The molecule has 0 fully saturated rings. The van der Waals surface area contributed by atoms with Gasteiger partial charge in [-0.25, -0.2) is 4.68 Å². The molecule has 4 nitrogen and oxygen atoms in total. The number of anilines is 1. The van der Waals surface area contributed by atoms with E-state index >= 15 is 0 Å². The quantitative estimate of drug-likeness (QED) is 0.416. The standard InChI is InChI=1S/C17H11Cl2F9N4S/c1-6(2)33-14(16(23,24)25,17(26,27)28)11-10(5-29)31-32(13(11)30)12-8(18)3-7(4-9(12)19)15(20,21)22/h3-4,6H,30H2,1-2H3. The minimum absolute atomic E-state index is 0.186. The summed E-state index contributed by atoms with van der Waals surface area (Å²) in [5, 5.41) is 9.73. The van der Waals surface area contributed by atoms with Crippen molar-refractivity contribution < 1.29 is 39.5 Å². The van der Waals surface area contributed by atoms with E-state index in [-0.39, 0.29) is 4.68 Å². The lowest BCUT2D eigenvalue weighted by Crippen LogP contribution is -2.52. The number of hydrogen-bond donors (Lipinski definition) is 1. The molecule has 0 spiro atoms. The molecule has 0 radical (unpaired) electrons. The Bertz CT molecular complexity index is 1060. The topological polar surface area (TPSA) is 67.6 Å². The highest BCUT2D eigenvalue weighted by molar-refractivity contribution is 8.00. The first-order valence-corrected chi connectivity index (χ1v) is 10.1. The Morgan fingerprint density at radius 2 is 1.45 bits per heavy atom. The largest absolute Gasteiger partial charge is 0.416 e. The number of nitrogens with zero attached hydrogens (tertiary/aromatic N) is 3. The second-order valence-electron chi connectivity index (χ2n) is 6.76. The molecule has 1 heterocycles. The summed E-state index contributed by atoms with van der Waals surface area (Å²) in [6, 6.07) is 1.80. The van der Waals surface area contributed by atoms with E-state index in [1.807, 2.05) is 0 Å². The Morgan fingerprint density at radius 1 is 1.00 bits per heavy atom. The molecule has 16 heteroatoms. The highest BCUT2D eigenvalue weighted by Crippen LogP contribution is 2.62. The molecule has 33 heavy (non-hydrogen) atoms. The molecule has 182 valence electrons. The van der Waals surface area contributed by atoms with Crippen LogP contribution >= 0.6 is 35.0 Å². The Labute approximate surface area is 194 Å². The van der Waals surface area contributed by atoms with Crippen molar-refractivity contribution in [3.05, 3.63) is 39.0 Å². The van der Waals surface area contributed by atoms with Crippen molar-refractivity contribution in [2.24, 2.45) is 0 Å². The number of thioether (sulfide) groups is 1. The second kappa shape index (κ2) is 8.66. The van der Waals surface area contributed by atoms with E-state index in [4.69, 9.17) is 28.9 Å². The van der Waals surface area contributed by atoms with Gasteiger partial charge in [0.1, 0.15) is 17.6 Å². The Morgan fingerprint density at radius 3 is 1.79 bits per heavy atom. The summed E-state index contributed by atoms with van der Waals surface area (Å²) in [7, 11) is 0. The fraction of sp³-hybridized carbons (Fsp3) is 0.412. The van der Waals surface area contributed by atoms with Crippen molar-refractivity contribution in [1.29, 1.82) is 5.26 Å². The summed E-state index contributed by atoms with van der Waals surface area (Å²) in [6.07, 6.45) is -16.9. The molecule has 2 N–H and O–H groups in total. The van der Waals surface area contributed by atoms with E-state index in [0.29, 0.717) is 12.1 Å². The molecule has 1 aromatic heterocycles. The van der Waals surface area contributed by atoms with E-state index in [1.165, 1.54) is 0 Å². The smallest absolute Gasteiger partial charge is 0.383 e. The molecule has 0 bridgehead atoms. The van der Waals surface area contributed by atoms with Gasteiger partial charge in [0.2, 0.25) is 4.75 Å². The van der Waals surface area contributed by atoms with Gasteiger partial charge in [-0.3, -0.25) is 0 Å². The average molecular weight is 545 g/mol. The summed E-state index contributed by atoms with van der Waals surface area (Å²) in [5.41, 5.74) is 0.459. The number of nitrogen functional groups attached to an aromatic ring is 1.